The van der Waals surface area contributed by atoms with E-state index < -0.39 is 0 Å². The van der Waals surface area contributed by atoms with Gasteiger partial charge >= 0.3 is 0 Å². The maximum absolute atomic E-state index is 4.39. The lowest BCUT2D eigenvalue weighted by molar-refractivity contribution is 0.923. The first-order valence-corrected chi connectivity index (χ1v) is 6.64. The highest BCUT2D eigenvalue weighted by atomic mass is 79.9. The highest BCUT2D eigenvalue weighted by Crippen LogP contribution is 2.23. The molecule has 0 bridgehead atoms. The van der Waals surface area contributed by atoms with Crippen molar-refractivity contribution in [3.05, 3.63) is 46.3 Å². The van der Waals surface area contributed by atoms with E-state index in [2.05, 4.69) is 36.3 Å². The van der Waals surface area contributed by atoms with Crippen LogP contribution in [0.3, 0.4) is 0 Å². The van der Waals surface area contributed by atoms with Crippen molar-refractivity contribution in [2.75, 3.05) is 5.32 Å². The first-order chi connectivity index (χ1) is 9.15. The van der Waals surface area contributed by atoms with Gasteiger partial charge in [-0.2, -0.15) is 14.6 Å². The van der Waals surface area contributed by atoms with E-state index in [1.165, 1.54) is 6.33 Å². The van der Waals surface area contributed by atoms with E-state index in [0.717, 1.165) is 27.2 Å². The summed E-state index contributed by atoms with van der Waals surface area (Å²) in [5, 5.41) is 7.57. The molecule has 5 nitrogen and oxygen atoms in total. The number of aromatic nitrogens is 4. The minimum Gasteiger partial charge on any atom is -0.340 e. The molecular weight excluding hydrogens is 306 g/mol. The van der Waals surface area contributed by atoms with Crippen molar-refractivity contribution in [1.29, 1.82) is 0 Å². The molecule has 0 spiro atoms. The van der Waals surface area contributed by atoms with Crippen LogP contribution in [0.4, 0.5) is 11.5 Å². The zero-order chi connectivity index (χ0) is 13.4. The number of anilines is 2. The van der Waals surface area contributed by atoms with Crippen LogP contribution in [0, 0.1) is 13.8 Å². The number of halogens is 1. The fourth-order valence-electron chi connectivity index (χ4n) is 1.85. The van der Waals surface area contributed by atoms with E-state index in [-0.39, 0.29) is 0 Å². The summed E-state index contributed by atoms with van der Waals surface area (Å²) < 4.78 is 2.76. The van der Waals surface area contributed by atoms with Crippen LogP contribution in [0.2, 0.25) is 0 Å². The molecule has 0 fully saturated rings. The van der Waals surface area contributed by atoms with Crippen molar-refractivity contribution in [2.24, 2.45) is 0 Å². The van der Waals surface area contributed by atoms with Crippen molar-refractivity contribution in [3.63, 3.8) is 0 Å². The van der Waals surface area contributed by atoms with Crippen LogP contribution in [-0.4, -0.2) is 19.6 Å². The van der Waals surface area contributed by atoms with Gasteiger partial charge in [0.15, 0.2) is 0 Å². The molecular formula is C13H12BrN5. The lowest BCUT2D eigenvalue weighted by Gasteiger charge is -2.12. The second kappa shape index (κ2) is 4.62. The molecule has 1 N–H and O–H groups in total. The normalized spacial score (nSPS) is 10.9. The largest absolute Gasteiger partial charge is 0.340 e. The van der Waals surface area contributed by atoms with Gasteiger partial charge in [0.05, 0.1) is 0 Å². The van der Waals surface area contributed by atoms with Crippen molar-refractivity contribution in [2.45, 2.75) is 13.8 Å². The summed E-state index contributed by atoms with van der Waals surface area (Å²) in [7, 11) is 0. The molecule has 0 aliphatic heterocycles. The van der Waals surface area contributed by atoms with Crippen LogP contribution in [0.1, 0.15) is 11.3 Å². The predicted molar refractivity (Wildman–Crippen MR) is 77.7 cm³/mol. The summed E-state index contributed by atoms with van der Waals surface area (Å²) in [4.78, 5) is 8.52. The second-order valence-corrected chi connectivity index (χ2v) is 5.19. The molecule has 0 amide bonds. The highest BCUT2D eigenvalue weighted by molar-refractivity contribution is 9.10. The molecule has 2 heterocycles. The molecule has 0 saturated carbocycles. The summed E-state index contributed by atoms with van der Waals surface area (Å²) in [6.45, 7) is 3.99. The standard InChI is InChI=1S/C13H12BrN5/c1-8-9(2)17-13-15-7-16-19(13)12(8)18-11-5-3-10(14)4-6-11/h3-7,18H,1-2H3. The average Bonchev–Trinajstić information content (AvgIpc) is 2.85. The Kier molecular flexibility index (Phi) is 2.94. The Hall–Kier alpha value is -1.95. The molecule has 0 unspecified atom stereocenters. The van der Waals surface area contributed by atoms with Gasteiger partial charge in [-0.25, -0.2) is 4.98 Å². The molecule has 96 valence electrons. The van der Waals surface area contributed by atoms with Crippen molar-refractivity contribution >= 4 is 33.2 Å². The minimum absolute atomic E-state index is 0.600. The van der Waals surface area contributed by atoms with E-state index in [4.69, 9.17) is 0 Å². The topological polar surface area (TPSA) is 55.1 Å². The Morgan fingerprint density at radius 3 is 2.63 bits per heavy atom. The lowest BCUT2D eigenvalue weighted by atomic mass is 10.2. The van der Waals surface area contributed by atoms with Gasteiger partial charge in [-0.15, -0.1) is 0 Å². The number of fused-ring (bicyclic) bond motifs is 1. The molecule has 3 rings (SSSR count). The quantitative estimate of drug-likeness (QED) is 0.788. The summed E-state index contributed by atoms with van der Waals surface area (Å²) in [6, 6.07) is 7.98. The number of nitrogens with zero attached hydrogens (tertiary/aromatic N) is 4. The fourth-order valence-corrected chi connectivity index (χ4v) is 2.11. The predicted octanol–water partition coefficient (Wildman–Crippen LogP) is 3.25. The third-order valence-corrected chi connectivity index (χ3v) is 3.54. The number of rotatable bonds is 2. The summed E-state index contributed by atoms with van der Waals surface area (Å²) in [5.41, 5.74) is 3.00. The molecule has 2 aromatic heterocycles. The molecule has 0 radical (unpaired) electrons. The van der Waals surface area contributed by atoms with Gasteiger partial charge in [0, 0.05) is 21.4 Å². The zero-order valence-corrected chi connectivity index (χ0v) is 12.1. The Bertz CT molecular complexity index is 733. The SMILES string of the molecule is Cc1nc2ncnn2c(Nc2ccc(Br)cc2)c1C. The Labute approximate surface area is 118 Å². The Morgan fingerprint density at radius 2 is 1.89 bits per heavy atom. The Balaban J connectivity index is 2.11. The fraction of sp³-hybridized carbons (Fsp3) is 0.154. The van der Waals surface area contributed by atoms with E-state index in [1.807, 2.05) is 38.1 Å². The minimum atomic E-state index is 0.600. The van der Waals surface area contributed by atoms with Crippen molar-refractivity contribution in [3.8, 4) is 0 Å². The smallest absolute Gasteiger partial charge is 0.254 e. The van der Waals surface area contributed by atoms with Crippen molar-refractivity contribution < 1.29 is 0 Å². The van der Waals surface area contributed by atoms with Crippen LogP contribution in [-0.2, 0) is 0 Å². The van der Waals surface area contributed by atoms with Gasteiger partial charge in [0.25, 0.3) is 5.78 Å². The van der Waals surface area contributed by atoms with Gasteiger partial charge in [-0.05, 0) is 38.1 Å². The van der Waals surface area contributed by atoms with E-state index in [0.29, 0.717) is 5.78 Å². The van der Waals surface area contributed by atoms with E-state index in [1.54, 1.807) is 4.52 Å². The maximum atomic E-state index is 4.39. The molecule has 19 heavy (non-hydrogen) atoms. The third kappa shape index (κ3) is 2.19. The number of nitrogens with one attached hydrogen (secondary N) is 1. The van der Waals surface area contributed by atoms with Gasteiger partial charge in [-0.3, -0.25) is 0 Å². The molecule has 0 aliphatic rings. The molecule has 3 aromatic rings. The highest BCUT2D eigenvalue weighted by Gasteiger charge is 2.10. The molecule has 0 atom stereocenters. The molecule has 6 heteroatoms. The van der Waals surface area contributed by atoms with Crippen LogP contribution in [0.25, 0.3) is 5.78 Å². The molecule has 0 saturated heterocycles. The van der Waals surface area contributed by atoms with Crippen molar-refractivity contribution in [1.82, 2.24) is 19.6 Å². The molecule has 1 aromatic carbocycles. The number of hydrogen-bond acceptors (Lipinski definition) is 4. The number of hydrogen-bond donors (Lipinski definition) is 1. The Morgan fingerprint density at radius 1 is 1.16 bits per heavy atom. The van der Waals surface area contributed by atoms with Gasteiger partial charge in [0.2, 0.25) is 0 Å². The maximum Gasteiger partial charge on any atom is 0.254 e. The van der Waals surface area contributed by atoms with Crippen LogP contribution in [0.15, 0.2) is 35.1 Å². The average molecular weight is 318 g/mol. The summed E-state index contributed by atoms with van der Waals surface area (Å²) in [6.07, 6.45) is 1.51. The van der Waals surface area contributed by atoms with Crippen LogP contribution >= 0.6 is 15.9 Å². The third-order valence-electron chi connectivity index (χ3n) is 3.01. The van der Waals surface area contributed by atoms with E-state index in [9.17, 15) is 0 Å². The number of aryl methyl sites for hydroxylation is 1. The van der Waals surface area contributed by atoms with Gasteiger partial charge in [-0.1, -0.05) is 15.9 Å². The molecule has 0 aliphatic carbocycles. The number of benzene rings is 1. The first-order valence-electron chi connectivity index (χ1n) is 5.84. The van der Waals surface area contributed by atoms with E-state index >= 15 is 0 Å². The second-order valence-electron chi connectivity index (χ2n) is 4.27. The first kappa shape index (κ1) is 12.1. The summed E-state index contributed by atoms with van der Waals surface area (Å²) in [5.74, 6) is 1.49. The van der Waals surface area contributed by atoms with Crippen LogP contribution < -0.4 is 5.32 Å². The monoisotopic (exact) mass is 317 g/mol. The summed E-state index contributed by atoms with van der Waals surface area (Å²) >= 11 is 3.43. The van der Waals surface area contributed by atoms with Gasteiger partial charge < -0.3 is 5.32 Å². The lowest BCUT2D eigenvalue weighted by Crippen LogP contribution is -2.06. The van der Waals surface area contributed by atoms with Crippen LogP contribution in [0.5, 0.6) is 0 Å². The zero-order valence-electron chi connectivity index (χ0n) is 10.6. The van der Waals surface area contributed by atoms with Gasteiger partial charge in [0.1, 0.15) is 12.1 Å².